The van der Waals surface area contributed by atoms with E-state index < -0.39 is 10.0 Å². The molecule has 2 saturated heterocycles. The first-order valence-electron chi connectivity index (χ1n) is 9.01. The van der Waals surface area contributed by atoms with Gasteiger partial charge in [-0.15, -0.1) is 0 Å². The zero-order chi connectivity index (χ0) is 17.9. The van der Waals surface area contributed by atoms with Gasteiger partial charge in [0.1, 0.15) is 0 Å². The van der Waals surface area contributed by atoms with Crippen LogP contribution in [0, 0.1) is 11.3 Å². The average molecular weight is 362 g/mol. The van der Waals surface area contributed by atoms with E-state index in [9.17, 15) is 8.42 Å². The fourth-order valence-corrected chi connectivity index (χ4v) is 5.05. The van der Waals surface area contributed by atoms with Crippen molar-refractivity contribution in [3.8, 4) is 6.07 Å². The van der Waals surface area contributed by atoms with Crippen molar-refractivity contribution in [1.82, 2.24) is 9.21 Å². The van der Waals surface area contributed by atoms with Crippen molar-refractivity contribution in [3.63, 3.8) is 0 Å². The number of fused-ring (bicyclic) bond motifs is 2. The first-order valence-corrected chi connectivity index (χ1v) is 10.6. The normalized spacial score (nSPS) is 24.2. The van der Waals surface area contributed by atoms with Crippen LogP contribution in [0.3, 0.4) is 0 Å². The molecule has 2 atom stereocenters. The zero-order valence-corrected chi connectivity index (χ0v) is 15.5. The molecule has 1 N–H and O–H groups in total. The SMILES string of the molecule is CCS(=O)(=O)N1CC2CCC(C1)N2CCCNc1ccc(C#N)cc1. The molecule has 6 nitrogen and oxygen atoms in total. The molecule has 2 aliphatic rings. The van der Waals surface area contributed by atoms with Crippen molar-refractivity contribution < 1.29 is 8.42 Å². The van der Waals surface area contributed by atoms with Gasteiger partial charge >= 0.3 is 0 Å². The Kier molecular flexibility index (Phi) is 5.62. The minimum absolute atomic E-state index is 0.195. The third-order valence-corrected chi connectivity index (χ3v) is 7.11. The van der Waals surface area contributed by atoms with Gasteiger partial charge < -0.3 is 5.32 Å². The highest BCUT2D eigenvalue weighted by Crippen LogP contribution is 2.31. The number of rotatable bonds is 7. The monoisotopic (exact) mass is 362 g/mol. The summed E-state index contributed by atoms with van der Waals surface area (Å²) < 4.78 is 25.9. The highest BCUT2D eigenvalue weighted by atomic mass is 32.2. The highest BCUT2D eigenvalue weighted by Gasteiger charge is 2.42. The largest absolute Gasteiger partial charge is 0.385 e. The lowest BCUT2D eigenvalue weighted by molar-refractivity contribution is 0.110. The average Bonchev–Trinajstić information content (AvgIpc) is 2.86. The molecule has 1 aromatic carbocycles. The number of anilines is 1. The Morgan fingerprint density at radius 1 is 1.20 bits per heavy atom. The van der Waals surface area contributed by atoms with E-state index in [0.29, 0.717) is 30.7 Å². The molecule has 0 aliphatic carbocycles. The molecule has 0 aromatic heterocycles. The van der Waals surface area contributed by atoms with E-state index in [4.69, 9.17) is 5.26 Å². The molecule has 2 bridgehead atoms. The minimum Gasteiger partial charge on any atom is -0.385 e. The summed E-state index contributed by atoms with van der Waals surface area (Å²) in [6.45, 7) is 4.89. The second-order valence-corrected chi connectivity index (χ2v) is 9.07. The van der Waals surface area contributed by atoms with Crippen molar-refractivity contribution in [2.75, 3.05) is 37.2 Å². The van der Waals surface area contributed by atoms with Crippen LogP contribution in [-0.2, 0) is 10.0 Å². The van der Waals surface area contributed by atoms with Gasteiger partial charge in [0.25, 0.3) is 0 Å². The topological polar surface area (TPSA) is 76.4 Å². The third-order valence-electron chi connectivity index (χ3n) is 5.29. The van der Waals surface area contributed by atoms with E-state index in [2.05, 4.69) is 16.3 Å². The Labute approximate surface area is 150 Å². The van der Waals surface area contributed by atoms with Crippen LogP contribution in [0.2, 0.25) is 0 Å². The molecule has 0 spiro atoms. The molecule has 2 fully saturated rings. The van der Waals surface area contributed by atoms with Crippen LogP contribution >= 0.6 is 0 Å². The summed E-state index contributed by atoms with van der Waals surface area (Å²) in [5, 5.41) is 12.2. The van der Waals surface area contributed by atoms with Crippen molar-refractivity contribution in [1.29, 1.82) is 5.26 Å². The Bertz CT molecular complexity index is 712. The maximum absolute atomic E-state index is 12.1. The number of sulfonamides is 1. The van der Waals surface area contributed by atoms with Crippen LogP contribution < -0.4 is 5.32 Å². The van der Waals surface area contributed by atoms with Crippen LogP contribution in [0.1, 0.15) is 31.7 Å². The second kappa shape index (κ2) is 7.73. The van der Waals surface area contributed by atoms with Gasteiger partial charge in [0.2, 0.25) is 10.0 Å². The maximum Gasteiger partial charge on any atom is 0.213 e. The molecule has 7 heteroatoms. The smallest absolute Gasteiger partial charge is 0.213 e. The Hall–Kier alpha value is -1.62. The Balaban J connectivity index is 1.46. The summed E-state index contributed by atoms with van der Waals surface area (Å²) in [6, 6.07) is 10.3. The van der Waals surface area contributed by atoms with E-state index >= 15 is 0 Å². The van der Waals surface area contributed by atoms with Crippen molar-refractivity contribution in [2.24, 2.45) is 0 Å². The van der Waals surface area contributed by atoms with Gasteiger partial charge in [0, 0.05) is 44.0 Å². The summed E-state index contributed by atoms with van der Waals surface area (Å²) in [5.74, 6) is 0.195. The van der Waals surface area contributed by atoms with Crippen LogP contribution in [-0.4, -0.2) is 61.6 Å². The molecule has 25 heavy (non-hydrogen) atoms. The Morgan fingerprint density at radius 2 is 1.84 bits per heavy atom. The van der Waals surface area contributed by atoms with Crippen LogP contribution in [0.5, 0.6) is 0 Å². The Morgan fingerprint density at radius 3 is 2.40 bits per heavy atom. The summed E-state index contributed by atoms with van der Waals surface area (Å²) in [6.07, 6.45) is 3.22. The van der Waals surface area contributed by atoms with E-state index in [1.807, 2.05) is 24.3 Å². The van der Waals surface area contributed by atoms with E-state index in [0.717, 1.165) is 38.0 Å². The predicted molar refractivity (Wildman–Crippen MR) is 98.8 cm³/mol. The lowest BCUT2D eigenvalue weighted by atomic mass is 10.2. The molecule has 3 rings (SSSR count). The number of nitrogens with one attached hydrogen (secondary N) is 1. The maximum atomic E-state index is 12.1. The van der Waals surface area contributed by atoms with Crippen molar-refractivity contribution >= 4 is 15.7 Å². The van der Waals surface area contributed by atoms with Gasteiger partial charge in [0.15, 0.2) is 0 Å². The van der Waals surface area contributed by atoms with Gasteiger partial charge in [-0.3, -0.25) is 4.90 Å². The van der Waals surface area contributed by atoms with Crippen LogP contribution in [0.25, 0.3) is 0 Å². The fraction of sp³-hybridized carbons (Fsp3) is 0.611. The molecule has 0 radical (unpaired) electrons. The lowest BCUT2D eigenvalue weighted by Gasteiger charge is -2.40. The summed E-state index contributed by atoms with van der Waals surface area (Å²) in [5.41, 5.74) is 1.70. The van der Waals surface area contributed by atoms with E-state index in [-0.39, 0.29) is 5.75 Å². The summed E-state index contributed by atoms with van der Waals surface area (Å²) in [4.78, 5) is 2.50. The number of nitrogens with zero attached hydrogens (tertiary/aromatic N) is 3. The number of piperazine rings is 1. The molecule has 0 saturated carbocycles. The minimum atomic E-state index is -3.07. The quantitative estimate of drug-likeness (QED) is 0.749. The number of hydrogen-bond donors (Lipinski definition) is 1. The first kappa shape index (κ1) is 18.2. The molecule has 1 aromatic rings. The fourth-order valence-electron chi connectivity index (χ4n) is 3.88. The molecule has 0 amide bonds. The van der Waals surface area contributed by atoms with Crippen LogP contribution in [0.15, 0.2) is 24.3 Å². The predicted octanol–water partition coefficient (Wildman–Crippen LogP) is 1.86. The molecule has 2 heterocycles. The van der Waals surface area contributed by atoms with Crippen molar-refractivity contribution in [3.05, 3.63) is 29.8 Å². The molecule has 2 aliphatic heterocycles. The standard InChI is InChI=1S/C18H26N4O2S/c1-2-25(23,24)21-13-17-8-9-18(14-21)22(17)11-3-10-20-16-6-4-15(12-19)5-7-16/h4-7,17-18,20H,2-3,8-11,13-14H2,1H3. The molecular formula is C18H26N4O2S. The van der Waals surface area contributed by atoms with Crippen molar-refractivity contribution in [2.45, 2.75) is 38.3 Å². The van der Waals surface area contributed by atoms with Gasteiger partial charge in [-0.05, 0) is 50.5 Å². The van der Waals surface area contributed by atoms with Gasteiger partial charge in [-0.2, -0.15) is 9.57 Å². The molecule has 2 unspecified atom stereocenters. The first-order chi connectivity index (χ1) is 12.0. The summed E-state index contributed by atoms with van der Waals surface area (Å²) >= 11 is 0. The number of nitriles is 1. The lowest BCUT2D eigenvalue weighted by Crippen LogP contribution is -2.55. The highest BCUT2D eigenvalue weighted by molar-refractivity contribution is 7.89. The van der Waals surface area contributed by atoms with E-state index in [1.165, 1.54) is 0 Å². The zero-order valence-electron chi connectivity index (χ0n) is 14.7. The number of benzene rings is 1. The van der Waals surface area contributed by atoms with Gasteiger partial charge in [-0.1, -0.05) is 0 Å². The second-order valence-electron chi connectivity index (χ2n) is 6.81. The number of hydrogen-bond acceptors (Lipinski definition) is 5. The van der Waals surface area contributed by atoms with Gasteiger partial charge in [0.05, 0.1) is 17.4 Å². The van der Waals surface area contributed by atoms with E-state index in [1.54, 1.807) is 11.2 Å². The third kappa shape index (κ3) is 4.14. The molecular weight excluding hydrogens is 336 g/mol. The van der Waals surface area contributed by atoms with Crippen LogP contribution in [0.4, 0.5) is 5.69 Å². The summed E-state index contributed by atoms with van der Waals surface area (Å²) in [7, 11) is -3.07. The van der Waals surface area contributed by atoms with Gasteiger partial charge in [-0.25, -0.2) is 8.42 Å². The molecule has 136 valence electrons.